The molecular formula is C18H22F4N6O. The Morgan fingerprint density at radius 3 is 2.93 bits per heavy atom. The lowest BCUT2D eigenvalue weighted by Gasteiger charge is -2.42. The molecule has 0 aliphatic carbocycles. The number of amides is 1. The van der Waals surface area contributed by atoms with Crippen LogP contribution >= 0.6 is 0 Å². The van der Waals surface area contributed by atoms with E-state index in [0.29, 0.717) is 31.0 Å². The Balaban J connectivity index is 1.41. The lowest BCUT2D eigenvalue weighted by atomic mass is 9.97. The molecule has 4 aliphatic heterocycles. The molecule has 0 radical (unpaired) electrons. The van der Waals surface area contributed by atoms with Crippen LogP contribution < -0.4 is 16.1 Å². The van der Waals surface area contributed by atoms with E-state index < -0.39 is 30.1 Å². The maximum atomic E-state index is 13.3. The average molecular weight is 414 g/mol. The minimum Gasteiger partial charge on any atom is -0.383 e. The third-order valence-corrected chi connectivity index (χ3v) is 5.42. The Bertz CT molecular complexity index is 790. The zero-order valence-electron chi connectivity index (χ0n) is 15.5. The van der Waals surface area contributed by atoms with Gasteiger partial charge < -0.3 is 10.6 Å². The average Bonchev–Trinajstić information content (AvgIpc) is 3.11. The van der Waals surface area contributed by atoms with Crippen LogP contribution in [0.4, 0.5) is 17.6 Å². The molecule has 11 heteroatoms. The van der Waals surface area contributed by atoms with Gasteiger partial charge in [0.25, 0.3) is 0 Å². The number of fused-ring (bicyclic) bond motifs is 1. The molecule has 0 spiro atoms. The normalized spacial score (nSPS) is 30.1. The fourth-order valence-electron chi connectivity index (χ4n) is 3.92. The fourth-order valence-corrected chi connectivity index (χ4v) is 3.92. The minimum absolute atomic E-state index is 0.0904. The monoisotopic (exact) mass is 414 g/mol. The molecule has 0 bridgehead atoms. The molecule has 0 aromatic rings. The molecule has 3 unspecified atom stereocenters. The van der Waals surface area contributed by atoms with E-state index in [1.54, 1.807) is 22.1 Å². The first-order valence-electron chi connectivity index (χ1n) is 9.50. The van der Waals surface area contributed by atoms with Crippen molar-refractivity contribution in [2.75, 3.05) is 26.2 Å². The first-order chi connectivity index (χ1) is 13.8. The summed E-state index contributed by atoms with van der Waals surface area (Å²) in [7, 11) is 0. The number of alkyl halides is 3. The SMILES string of the molecule is O=C(NC1=CC(F)=CNC1)C1CN=C2C=CC(N3CCCC(C(F)(F)F)C3)NN21. The molecule has 3 atom stereocenters. The number of hydrogen-bond acceptors (Lipinski definition) is 6. The van der Waals surface area contributed by atoms with Gasteiger partial charge in [0.2, 0.25) is 5.91 Å². The summed E-state index contributed by atoms with van der Waals surface area (Å²) >= 11 is 0. The van der Waals surface area contributed by atoms with Crippen molar-refractivity contribution in [3.8, 4) is 0 Å². The Kier molecular flexibility index (Phi) is 5.34. The molecular weight excluding hydrogens is 392 g/mol. The number of carbonyl (C=O) groups is 1. The van der Waals surface area contributed by atoms with E-state index in [1.165, 1.54) is 12.3 Å². The minimum atomic E-state index is -4.22. The van der Waals surface area contributed by atoms with Gasteiger partial charge in [0.1, 0.15) is 17.7 Å². The molecule has 29 heavy (non-hydrogen) atoms. The first kappa shape index (κ1) is 19.9. The molecule has 7 nitrogen and oxygen atoms in total. The second-order valence-electron chi connectivity index (χ2n) is 7.46. The van der Waals surface area contributed by atoms with Crippen LogP contribution in [0.2, 0.25) is 0 Å². The molecule has 0 saturated carbocycles. The molecule has 4 rings (SSSR count). The number of likely N-dealkylation sites (tertiary alicyclic amines) is 1. The zero-order valence-corrected chi connectivity index (χ0v) is 15.5. The van der Waals surface area contributed by atoms with Gasteiger partial charge in [-0.1, -0.05) is 0 Å². The van der Waals surface area contributed by atoms with Crippen LogP contribution in [-0.4, -0.2) is 66.2 Å². The van der Waals surface area contributed by atoms with Crippen molar-refractivity contribution in [2.45, 2.75) is 31.2 Å². The van der Waals surface area contributed by atoms with Crippen LogP contribution in [0, 0.1) is 5.92 Å². The molecule has 0 aromatic carbocycles. The van der Waals surface area contributed by atoms with Gasteiger partial charge in [0.05, 0.1) is 25.2 Å². The Labute approximate surface area is 165 Å². The van der Waals surface area contributed by atoms with Crippen LogP contribution in [0.15, 0.2) is 40.9 Å². The highest BCUT2D eigenvalue weighted by atomic mass is 19.4. The van der Waals surface area contributed by atoms with Crippen molar-refractivity contribution in [1.29, 1.82) is 0 Å². The van der Waals surface area contributed by atoms with Crippen molar-refractivity contribution in [3.05, 3.63) is 36.0 Å². The highest BCUT2D eigenvalue weighted by Crippen LogP contribution is 2.34. The maximum absolute atomic E-state index is 13.3. The number of dihydropyridines is 1. The molecule has 4 aliphatic rings. The third kappa shape index (κ3) is 4.30. The summed E-state index contributed by atoms with van der Waals surface area (Å²) < 4.78 is 52.7. The van der Waals surface area contributed by atoms with Crippen molar-refractivity contribution >= 4 is 11.7 Å². The lowest BCUT2D eigenvalue weighted by molar-refractivity contribution is -0.188. The van der Waals surface area contributed by atoms with Crippen LogP contribution in [0.25, 0.3) is 0 Å². The van der Waals surface area contributed by atoms with Crippen LogP contribution in [-0.2, 0) is 4.79 Å². The predicted molar refractivity (Wildman–Crippen MR) is 97.8 cm³/mol. The number of nitrogens with zero attached hydrogens (tertiary/aromatic N) is 3. The molecule has 4 heterocycles. The topological polar surface area (TPSA) is 72.0 Å². The number of halogens is 4. The molecule has 1 amide bonds. The predicted octanol–water partition coefficient (Wildman–Crippen LogP) is 1.16. The fraction of sp³-hybridized carbons (Fsp3) is 0.556. The second kappa shape index (κ2) is 7.79. The summed E-state index contributed by atoms with van der Waals surface area (Å²) in [5.74, 6) is -1.65. The van der Waals surface area contributed by atoms with Crippen LogP contribution in [0.3, 0.4) is 0 Å². The van der Waals surface area contributed by atoms with Crippen molar-refractivity contribution < 1.29 is 22.4 Å². The Morgan fingerprint density at radius 2 is 2.17 bits per heavy atom. The maximum Gasteiger partial charge on any atom is 0.393 e. The van der Waals surface area contributed by atoms with E-state index in [0.717, 1.165) is 0 Å². The van der Waals surface area contributed by atoms with E-state index in [9.17, 15) is 22.4 Å². The summed E-state index contributed by atoms with van der Waals surface area (Å²) in [4.78, 5) is 18.7. The highest BCUT2D eigenvalue weighted by molar-refractivity contribution is 5.99. The van der Waals surface area contributed by atoms with Gasteiger partial charge in [-0.05, 0) is 31.1 Å². The number of hydrogen-bond donors (Lipinski definition) is 3. The second-order valence-corrected chi connectivity index (χ2v) is 7.46. The quantitative estimate of drug-likeness (QED) is 0.605. The van der Waals surface area contributed by atoms with E-state index in [4.69, 9.17) is 0 Å². The summed E-state index contributed by atoms with van der Waals surface area (Å²) in [6.45, 7) is 0.945. The van der Waals surface area contributed by atoms with E-state index in [1.807, 2.05) is 0 Å². The van der Waals surface area contributed by atoms with E-state index in [-0.39, 0.29) is 25.4 Å². The van der Waals surface area contributed by atoms with Crippen molar-refractivity contribution in [2.24, 2.45) is 10.9 Å². The summed E-state index contributed by atoms with van der Waals surface area (Å²) in [5.41, 5.74) is 3.53. The zero-order chi connectivity index (χ0) is 20.6. The number of rotatable bonds is 3. The smallest absolute Gasteiger partial charge is 0.383 e. The summed E-state index contributed by atoms with van der Waals surface area (Å²) in [6, 6.07) is -0.671. The first-order valence-corrected chi connectivity index (χ1v) is 9.50. The van der Waals surface area contributed by atoms with Crippen LogP contribution in [0.5, 0.6) is 0 Å². The van der Waals surface area contributed by atoms with E-state index >= 15 is 0 Å². The van der Waals surface area contributed by atoms with Gasteiger partial charge >= 0.3 is 6.18 Å². The standard InChI is InChI=1S/C18H22F4N6O/c19-12-6-13(8-23-7-12)25-17(29)14-9-24-15-3-4-16(26-28(14)15)27-5-1-2-11(10-27)18(20,21)22/h3-4,6-7,11,14,16,23,26H,1-2,5,8-10H2,(H,25,29). The van der Waals surface area contributed by atoms with Crippen LogP contribution in [0.1, 0.15) is 12.8 Å². The number of aliphatic imine (C=N–C) groups is 1. The van der Waals surface area contributed by atoms with Gasteiger partial charge in [-0.2, -0.15) is 13.2 Å². The number of piperidine rings is 1. The van der Waals surface area contributed by atoms with Gasteiger partial charge in [-0.25, -0.2) is 9.82 Å². The Morgan fingerprint density at radius 1 is 1.34 bits per heavy atom. The number of nitrogens with one attached hydrogen (secondary N) is 3. The molecule has 0 aromatic heterocycles. The van der Waals surface area contributed by atoms with Crippen molar-refractivity contribution in [1.82, 2.24) is 26.0 Å². The molecule has 3 N–H and O–H groups in total. The third-order valence-electron chi connectivity index (χ3n) is 5.42. The molecule has 1 fully saturated rings. The molecule has 158 valence electrons. The number of hydrazine groups is 1. The largest absolute Gasteiger partial charge is 0.393 e. The van der Waals surface area contributed by atoms with Gasteiger partial charge in [0, 0.05) is 25.0 Å². The highest BCUT2D eigenvalue weighted by Gasteiger charge is 2.44. The van der Waals surface area contributed by atoms with Gasteiger partial charge in [-0.15, -0.1) is 0 Å². The van der Waals surface area contributed by atoms with Gasteiger partial charge in [-0.3, -0.25) is 19.7 Å². The number of allylic oxidation sites excluding steroid dienone is 2. The van der Waals surface area contributed by atoms with E-state index in [2.05, 4.69) is 21.1 Å². The molecule has 1 saturated heterocycles. The number of amidine groups is 1. The summed E-state index contributed by atoms with van der Waals surface area (Å²) in [6.07, 6.45) is 1.85. The summed E-state index contributed by atoms with van der Waals surface area (Å²) in [5, 5.41) is 6.98. The Hall–Kier alpha value is -2.40. The van der Waals surface area contributed by atoms with Gasteiger partial charge in [0.15, 0.2) is 0 Å². The van der Waals surface area contributed by atoms with Crippen molar-refractivity contribution in [3.63, 3.8) is 0 Å². The number of carbonyl (C=O) groups excluding carboxylic acids is 1. The lowest BCUT2D eigenvalue weighted by Crippen LogP contribution is -2.62.